The van der Waals surface area contributed by atoms with Gasteiger partial charge in [-0.05, 0) is 61.6 Å². The fraction of sp³-hybridized carbons (Fsp3) is 0.300. The van der Waals surface area contributed by atoms with Crippen LogP contribution >= 0.6 is 0 Å². The SMILES string of the molecule is CC(=O)c1cccc(NC(=O)N(CCc2ccccc2)C2CCN(Cc3cccc(C#N)c3)CC2)c1. The molecule has 6 heteroatoms. The van der Waals surface area contributed by atoms with Gasteiger partial charge >= 0.3 is 6.03 Å². The number of nitrogens with one attached hydrogen (secondary N) is 1. The summed E-state index contributed by atoms with van der Waals surface area (Å²) in [7, 11) is 0. The standard InChI is InChI=1S/C30H32N4O2/c1-23(35)27-11-6-12-28(20-27)32-30(36)34(18-13-24-7-3-2-4-8-24)29-14-16-33(17-15-29)22-26-10-5-9-25(19-26)21-31/h2-12,19-20,29H,13-18,22H2,1H3,(H,32,36). The van der Waals surface area contributed by atoms with Crippen LogP contribution in [-0.4, -0.2) is 47.3 Å². The predicted molar refractivity (Wildman–Crippen MR) is 142 cm³/mol. The van der Waals surface area contributed by atoms with E-state index in [2.05, 4.69) is 34.5 Å². The predicted octanol–water partition coefficient (Wildman–Crippen LogP) is 5.50. The number of anilines is 1. The number of urea groups is 1. The Hall–Kier alpha value is -3.95. The summed E-state index contributed by atoms with van der Waals surface area (Å²) in [4.78, 5) is 29.6. The Morgan fingerprint density at radius 2 is 1.69 bits per heavy atom. The van der Waals surface area contributed by atoms with E-state index < -0.39 is 0 Å². The maximum absolute atomic E-state index is 13.4. The van der Waals surface area contributed by atoms with Crippen LogP contribution in [0.3, 0.4) is 0 Å². The summed E-state index contributed by atoms with van der Waals surface area (Å²) in [6, 6.07) is 27.3. The molecule has 0 spiro atoms. The molecule has 6 nitrogen and oxygen atoms in total. The van der Waals surface area contributed by atoms with Crippen molar-refractivity contribution in [3.05, 3.63) is 101 Å². The number of carbonyl (C=O) groups excluding carboxylic acids is 2. The molecule has 3 aromatic carbocycles. The quantitative estimate of drug-likeness (QED) is 0.432. The van der Waals surface area contributed by atoms with E-state index in [0.717, 1.165) is 44.5 Å². The fourth-order valence-electron chi connectivity index (χ4n) is 4.74. The van der Waals surface area contributed by atoms with Crippen LogP contribution in [0.25, 0.3) is 0 Å². The molecule has 0 atom stereocenters. The number of nitriles is 1. The van der Waals surface area contributed by atoms with Gasteiger partial charge in [0.1, 0.15) is 0 Å². The van der Waals surface area contributed by atoms with Crippen molar-refractivity contribution in [2.45, 2.75) is 38.8 Å². The fourth-order valence-corrected chi connectivity index (χ4v) is 4.74. The average Bonchev–Trinajstić information content (AvgIpc) is 2.90. The third kappa shape index (κ3) is 6.80. The zero-order valence-corrected chi connectivity index (χ0v) is 20.7. The summed E-state index contributed by atoms with van der Waals surface area (Å²) >= 11 is 0. The molecule has 184 valence electrons. The summed E-state index contributed by atoms with van der Waals surface area (Å²) in [6.45, 7) is 4.72. The van der Waals surface area contributed by atoms with Crippen LogP contribution in [0.15, 0.2) is 78.9 Å². The topological polar surface area (TPSA) is 76.4 Å². The number of ketones is 1. The Morgan fingerprint density at radius 3 is 2.42 bits per heavy atom. The van der Waals surface area contributed by atoms with Crippen molar-refractivity contribution in [3.63, 3.8) is 0 Å². The molecule has 1 aliphatic heterocycles. The van der Waals surface area contributed by atoms with Crippen LogP contribution in [-0.2, 0) is 13.0 Å². The summed E-state index contributed by atoms with van der Waals surface area (Å²) in [5.74, 6) is -0.0280. The van der Waals surface area contributed by atoms with Crippen molar-refractivity contribution in [1.29, 1.82) is 5.26 Å². The highest BCUT2D eigenvalue weighted by Crippen LogP contribution is 2.21. The van der Waals surface area contributed by atoms with Gasteiger partial charge in [0.15, 0.2) is 5.78 Å². The molecule has 0 saturated carbocycles. The van der Waals surface area contributed by atoms with Gasteiger partial charge in [-0.2, -0.15) is 5.26 Å². The van der Waals surface area contributed by atoms with E-state index in [1.165, 1.54) is 12.5 Å². The molecule has 0 aromatic heterocycles. The van der Waals surface area contributed by atoms with Crippen LogP contribution in [0.4, 0.5) is 10.5 Å². The van der Waals surface area contributed by atoms with Crippen LogP contribution in [0.2, 0.25) is 0 Å². The molecule has 1 heterocycles. The minimum atomic E-state index is -0.133. The first kappa shape index (κ1) is 25.2. The number of nitrogens with zero attached hydrogens (tertiary/aromatic N) is 3. The van der Waals surface area contributed by atoms with E-state index in [1.54, 1.807) is 18.2 Å². The minimum Gasteiger partial charge on any atom is -0.321 e. The Kier molecular flexibility index (Phi) is 8.48. The highest BCUT2D eigenvalue weighted by atomic mass is 16.2. The van der Waals surface area contributed by atoms with Gasteiger partial charge in [-0.15, -0.1) is 0 Å². The van der Waals surface area contributed by atoms with Crippen LogP contribution < -0.4 is 5.32 Å². The number of hydrogen-bond donors (Lipinski definition) is 1. The van der Waals surface area contributed by atoms with Gasteiger partial charge < -0.3 is 10.2 Å². The first-order valence-corrected chi connectivity index (χ1v) is 12.5. The molecule has 2 amide bonds. The lowest BCUT2D eigenvalue weighted by atomic mass is 10.0. The molecular formula is C30H32N4O2. The maximum Gasteiger partial charge on any atom is 0.322 e. The third-order valence-corrected chi connectivity index (χ3v) is 6.73. The number of hydrogen-bond acceptors (Lipinski definition) is 4. The molecule has 3 aromatic rings. The first-order valence-electron chi connectivity index (χ1n) is 12.5. The van der Waals surface area contributed by atoms with Gasteiger partial charge in [0, 0.05) is 43.5 Å². The second kappa shape index (κ2) is 12.1. The molecule has 0 unspecified atom stereocenters. The van der Waals surface area contributed by atoms with E-state index in [1.807, 2.05) is 47.4 Å². The number of rotatable bonds is 8. The van der Waals surface area contributed by atoms with Crippen LogP contribution in [0.5, 0.6) is 0 Å². The van der Waals surface area contributed by atoms with Gasteiger partial charge in [0.25, 0.3) is 0 Å². The highest BCUT2D eigenvalue weighted by molar-refractivity contribution is 5.96. The Balaban J connectivity index is 1.42. The summed E-state index contributed by atoms with van der Waals surface area (Å²) in [5.41, 5.74) is 4.23. The lowest BCUT2D eigenvalue weighted by Gasteiger charge is -2.38. The molecular weight excluding hydrogens is 448 g/mol. The van der Waals surface area contributed by atoms with E-state index in [9.17, 15) is 14.9 Å². The Bertz CT molecular complexity index is 1230. The van der Waals surface area contributed by atoms with Crippen molar-refractivity contribution in [2.24, 2.45) is 0 Å². The van der Waals surface area contributed by atoms with Crippen molar-refractivity contribution in [2.75, 3.05) is 25.0 Å². The van der Waals surface area contributed by atoms with Gasteiger partial charge in [-0.3, -0.25) is 9.69 Å². The molecule has 1 aliphatic rings. The van der Waals surface area contributed by atoms with Gasteiger partial charge in [-0.1, -0.05) is 54.6 Å². The van der Waals surface area contributed by atoms with E-state index >= 15 is 0 Å². The molecule has 4 rings (SSSR count). The largest absolute Gasteiger partial charge is 0.322 e. The summed E-state index contributed by atoms with van der Waals surface area (Å²) in [5, 5.41) is 12.2. The second-order valence-electron chi connectivity index (χ2n) is 9.32. The van der Waals surface area contributed by atoms with Crippen LogP contribution in [0, 0.1) is 11.3 Å². The Labute approximate surface area is 213 Å². The van der Waals surface area contributed by atoms with Crippen molar-refractivity contribution >= 4 is 17.5 Å². The highest BCUT2D eigenvalue weighted by Gasteiger charge is 2.28. The number of likely N-dealkylation sites (tertiary alicyclic amines) is 1. The zero-order valence-electron chi connectivity index (χ0n) is 20.7. The van der Waals surface area contributed by atoms with Crippen molar-refractivity contribution in [3.8, 4) is 6.07 Å². The van der Waals surface area contributed by atoms with Gasteiger partial charge in [0.2, 0.25) is 0 Å². The lowest BCUT2D eigenvalue weighted by molar-refractivity contribution is 0.101. The van der Waals surface area contributed by atoms with E-state index in [0.29, 0.717) is 23.4 Å². The normalized spacial score (nSPS) is 14.1. The molecule has 0 aliphatic carbocycles. The number of benzene rings is 3. The van der Waals surface area contributed by atoms with E-state index in [-0.39, 0.29) is 17.9 Å². The maximum atomic E-state index is 13.4. The van der Waals surface area contributed by atoms with Crippen LogP contribution in [0.1, 0.15) is 46.8 Å². The van der Waals surface area contributed by atoms with Crippen molar-refractivity contribution in [1.82, 2.24) is 9.80 Å². The molecule has 1 N–H and O–H groups in total. The third-order valence-electron chi connectivity index (χ3n) is 6.73. The number of amides is 2. The first-order chi connectivity index (χ1) is 17.5. The summed E-state index contributed by atoms with van der Waals surface area (Å²) < 4.78 is 0. The number of piperidine rings is 1. The zero-order chi connectivity index (χ0) is 25.3. The lowest BCUT2D eigenvalue weighted by Crippen LogP contribution is -2.49. The molecule has 0 radical (unpaired) electrons. The number of carbonyl (C=O) groups is 2. The molecule has 1 fully saturated rings. The Morgan fingerprint density at radius 1 is 0.972 bits per heavy atom. The average molecular weight is 481 g/mol. The molecule has 36 heavy (non-hydrogen) atoms. The second-order valence-corrected chi connectivity index (χ2v) is 9.32. The summed E-state index contributed by atoms with van der Waals surface area (Å²) in [6.07, 6.45) is 2.55. The monoisotopic (exact) mass is 480 g/mol. The number of Topliss-reactive ketones (excluding diaryl/α,β-unsaturated/α-hetero) is 1. The van der Waals surface area contributed by atoms with Gasteiger partial charge in [-0.25, -0.2) is 4.79 Å². The molecule has 1 saturated heterocycles. The van der Waals surface area contributed by atoms with Crippen molar-refractivity contribution < 1.29 is 9.59 Å². The van der Waals surface area contributed by atoms with Gasteiger partial charge in [0.05, 0.1) is 11.6 Å². The smallest absolute Gasteiger partial charge is 0.321 e. The molecule has 0 bridgehead atoms. The minimum absolute atomic E-state index is 0.0280. The van der Waals surface area contributed by atoms with E-state index in [4.69, 9.17) is 0 Å².